The molecule has 76 valence electrons. The summed E-state index contributed by atoms with van der Waals surface area (Å²) in [5, 5.41) is 9.53. The molecule has 0 amide bonds. The van der Waals surface area contributed by atoms with Crippen molar-refractivity contribution in [2.24, 2.45) is 0 Å². The van der Waals surface area contributed by atoms with Gasteiger partial charge in [0.2, 0.25) is 0 Å². The fraction of sp³-hybridized carbons (Fsp3) is 0.0909. The lowest BCUT2D eigenvalue weighted by atomic mass is 10.0. The highest BCUT2D eigenvalue weighted by Crippen LogP contribution is 2.26. The van der Waals surface area contributed by atoms with Gasteiger partial charge in [-0.15, -0.1) is 0 Å². The molecule has 1 heterocycles. The van der Waals surface area contributed by atoms with E-state index >= 15 is 0 Å². The molecule has 4 nitrogen and oxygen atoms in total. The minimum atomic E-state index is -1.05. The first-order valence-corrected chi connectivity index (χ1v) is 4.34. The molecule has 0 unspecified atom stereocenters. The van der Waals surface area contributed by atoms with Crippen LogP contribution in [0.5, 0.6) is 0 Å². The summed E-state index contributed by atoms with van der Waals surface area (Å²) < 4.78 is 5.10. The molecule has 0 aliphatic carbocycles. The number of aromatic carboxylic acids is 1. The molecule has 0 saturated heterocycles. The van der Waals surface area contributed by atoms with Crippen LogP contribution in [0.3, 0.4) is 0 Å². The second-order valence-corrected chi connectivity index (χ2v) is 3.25. The Morgan fingerprint density at radius 1 is 1.47 bits per heavy atom. The van der Waals surface area contributed by atoms with E-state index in [2.05, 4.69) is 0 Å². The summed E-state index contributed by atoms with van der Waals surface area (Å²) in [5.74, 6) is -1.05. The zero-order valence-corrected chi connectivity index (χ0v) is 7.98. The van der Waals surface area contributed by atoms with Crippen molar-refractivity contribution in [3.63, 3.8) is 0 Å². The minimum Gasteiger partial charge on any atom is -0.478 e. The topological polar surface area (TPSA) is 67.5 Å². The van der Waals surface area contributed by atoms with Crippen molar-refractivity contribution >= 4 is 23.2 Å². The number of carboxylic acid groups (broad SMARTS) is 1. The molecule has 0 aliphatic heterocycles. The number of carboxylic acids is 1. The number of aldehydes is 1. The van der Waals surface area contributed by atoms with Gasteiger partial charge in [-0.3, -0.25) is 4.79 Å². The third kappa shape index (κ3) is 1.30. The molecule has 0 atom stereocenters. The van der Waals surface area contributed by atoms with Gasteiger partial charge in [-0.1, -0.05) is 12.1 Å². The van der Waals surface area contributed by atoms with Gasteiger partial charge < -0.3 is 9.52 Å². The first-order chi connectivity index (χ1) is 7.15. The Balaban J connectivity index is 2.88. The fourth-order valence-electron chi connectivity index (χ4n) is 1.57. The number of fused-ring (bicyclic) bond motifs is 1. The number of hydrogen-bond acceptors (Lipinski definition) is 3. The minimum absolute atomic E-state index is 0.112. The van der Waals surface area contributed by atoms with Crippen LogP contribution in [0.1, 0.15) is 26.3 Å². The maximum Gasteiger partial charge on any atom is 0.339 e. The normalized spacial score (nSPS) is 10.5. The van der Waals surface area contributed by atoms with Crippen LogP contribution in [0.15, 0.2) is 22.8 Å². The van der Waals surface area contributed by atoms with Gasteiger partial charge in [0, 0.05) is 5.39 Å². The Bertz CT molecular complexity index is 551. The predicted octanol–water partition coefficient (Wildman–Crippen LogP) is 2.25. The van der Waals surface area contributed by atoms with Crippen LogP contribution in [-0.2, 0) is 0 Å². The van der Waals surface area contributed by atoms with Gasteiger partial charge in [0.15, 0.2) is 6.29 Å². The summed E-state index contributed by atoms with van der Waals surface area (Å²) in [7, 11) is 0. The third-order valence-electron chi connectivity index (χ3n) is 2.32. The van der Waals surface area contributed by atoms with Crippen molar-refractivity contribution in [3.8, 4) is 0 Å². The molecule has 0 fully saturated rings. The summed E-state index contributed by atoms with van der Waals surface area (Å²) in [6.07, 6.45) is 1.91. The molecule has 2 aromatic rings. The van der Waals surface area contributed by atoms with Crippen LogP contribution >= 0.6 is 0 Å². The van der Waals surface area contributed by atoms with Crippen LogP contribution in [0.2, 0.25) is 0 Å². The number of hydrogen-bond donors (Lipinski definition) is 1. The fourth-order valence-corrected chi connectivity index (χ4v) is 1.57. The van der Waals surface area contributed by atoms with Crippen LogP contribution in [0.25, 0.3) is 11.0 Å². The van der Waals surface area contributed by atoms with Gasteiger partial charge in [0.05, 0.1) is 5.56 Å². The summed E-state index contributed by atoms with van der Waals surface area (Å²) in [4.78, 5) is 21.6. The Labute approximate surface area is 85.1 Å². The molecule has 15 heavy (non-hydrogen) atoms. The average molecular weight is 204 g/mol. The highest BCUT2D eigenvalue weighted by atomic mass is 16.4. The summed E-state index contributed by atoms with van der Waals surface area (Å²) in [6.45, 7) is 1.69. The van der Waals surface area contributed by atoms with E-state index in [9.17, 15) is 9.59 Å². The Hall–Kier alpha value is -2.10. The summed E-state index contributed by atoms with van der Waals surface area (Å²) in [5.41, 5.74) is 1.35. The zero-order valence-electron chi connectivity index (χ0n) is 7.98. The monoisotopic (exact) mass is 204 g/mol. The standard InChI is InChI=1S/C11H8O4/c1-6-2-3-8-7(4-12)5-15-10(8)9(6)11(13)14/h2-5H,1H3,(H,13,14). The second-order valence-electron chi connectivity index (χ2n) is 3.25. The lowest BCUT2D eigenvalue weighted by Gasteiger charge is -2.00. The van der Waals surface area contributed by atoms with E-state index in [4.69, 9.17) is 9.52 Å². The van der Waals surface area contributed by atoms with Gasteiger partial charge in [0.1, 0.15) is 17.4 Å². The molecule has 0 aliphatic rings. The third-order valence-corrected chi connectivity index (χ3v) is 2.32. The maximum absolute atomic E-state index is 11.0. The van der Waals surface area contributed by atoms with Gasteiger partial charge >= 0.3 is 5.97 Å². The Kier molecular flexibility index (Phi) is 2.04. The Morgan fingerprint density at radius 2 is 2.20 bits per heavy atom. The molecule has 2 rings (SSSR count). The lowest BCUT2D eigenvalue weighted by molar-refractivity contribution is 0.0697. The molecular formula is C11H8O4. The number of furan rings is 1. The maximum atomic E-state index is 11.0. The smallest absolute Gasteiger partial charge is 0.339 e. The van der Waals surface area contributed by atoms with Crippen molar-refractivity contribution in [1.29, 1.82) is 0 Å². The Morgan fingerprint density at radius 3 is 2.80 bits per heavy atom. The van der Waals surface area contributed by atoms with Gasteiger partial charge in [-0.05, 0) is 12.5 Å². The molecular weight excluding hydrogens is 196 g/mol. The molecule has 1 aromatic carbocycles. The summed E-state index contributed by atoms with van der Waals surface area (Å²) in [6, 6.07) is 3.35. The number of carbonyl (C=O) groups is 2. The van der Waals surface area contributed by atoms with E-state index in [0.29, 0.717) is 22.8 Å². The number of rotatable bonds is 2. The molecule has 0 saturated carbocycles. The number of carbonyl (C=O) groups excluding carboxylic acids is 1. The van der Waals surface area contributed by atoms with E-state index in [-0.39, 0.29) is 11.1 Å². The highest BCUT2D eigenvalue weighted by molar-refractivity contribution is 6.06. The number of benzene rings is 1. The van der Waals surface area contributed by atoms with Crippen LogP contribution < -0.4 is 0 Å². The SMILES string of the molecule is Cc1ccc2c(C=O)coc2c1C(=O)O. The van der Waals surface area contributed by atoms with Crippen LogP contribution in [0, 0.1) is 6.92 Å². The van der Waals surface area contributed by atoms with E-state index < -0.39 is 5.97 Å². The van der Waals surface area contributed by atoms with Crippen molar-refractivity contribution in [1.82, 2.24) is 0 Å². The first kappa shape index (κ1) is 9.45. The first-order valence-electron chi connectivity index (χ1n) is 4.34. The lowest BCUT2D eigenvalue weighted by Crippen LogP contribution is -1.99. The molecule has 0 bridgehead atoms. The largest absolute Gasteiger partial charge is 0.478 e. The van der Waals surface area contributed by atoms with E-state index in [1.807, 2.05) is 0 Å². The van der Waals surface area contributed by atoms with Crippen LogP contribution in [0.4, 0.5) is 0 Å². The predicted molar refractivity (Wildman–Crippen MR) is 53.3 cm³/mol. The van der Waals surface area contributed by atoms with Gasteiger partial charge in [0.25, 0.3) is 0 Å². The van der Waals surface area contributed by atoms with E-state index in [0.717, 1.165) is 0 Å². The molecule has 0 spiro atoms. The van der Waals surface area contributed by atoms with Crippen molar-refractivity contribution in [3.05, 3.63) is 35.1 Å². The van der Waals surface area contributed by atoms with Crippen LogP contribution in [-0.4, -0.2) is 17.4 Å². The second kappa shape index (κ2) is 3.24. The van der Waals surface area contributed by atoms with Crippen molar-refractivity contribution in [2.75, 3.05) is 0 Å². The molecule has 1 N–H and O–H groups in total. The van der Waals surface area contributed by atoms with Gasteiger partial charge in [-0.25, -0.2) is 4.79 Å². The van der Waals surface area contributed by atoms with E-state index in [1.54, 1.807) is 19.1 Å². The van der Waals surface area contributed by atoms with Crippen molar-refractivity contribution in [2.45, 2.75) is 6.92 Å². The number of aryl methyl sites for hydroxylation is 1. The zero-order chi connectivity index (χ0) is 11.0. The van der Waals surface area contributed by atoms with Crippen molar-refractivity contribution < 1.29 is 19.1 Å². The average Bonchev–Trinajstić information content (AvgIpc) is 2.59. The van der Waals surface area contributed by atoms with Gasteiger partial charge in [-0.2, -0.15) is 0 Å². The molecule has 0 radical (unpaired) electrons. The highest BCUT2D eigenvalue weighted by Gasteiger charge is 2.16. The summed E-state index contributed by atoms with van der Waals surface area (Å²) >= 11 is 0. The van der Waals surface area contributed by atoms with E-state index in [1.165, 1.54) is 6.26 Å². The molecule has 1 aromatic heterocycles. The molecule has 4 heteroatoms. The quantitative estimate of drug-likeness (QED) is 0.762.